The Balaban J connectivity index is 1.12. The number of amides is 3. The molecule has 0 saturated carbocycles. The predicted molar refractivity (Wildman–Crippen MR) is 216 cm³/mol. The van der Waals surface area contributed by atoms with E-state index in [2.05, 4.69) is 29.4 Å². The summed E-state index contributed by atoms with van der Waals surface area (Å²) >= 11 is 1.39. The number of carbonyl (C=O) groups is 4. The molecule has 2 heterocycles. The molecule has 6 rings (SSSR count). The van der Waals surface area contributed by atoms with Crippen LogP contribution in [-0.2, 0) is 38.6 Å². The number of rotatable bonds is 15. The Bertz CT molecular complexity index is 2090. The van der Waals surface area contributed by atoms with E-state index >= 15 is 8.78 Å². The van der Waals surface area contributed by atoms with Crippen molar-refractivity contribution in [3.05, 3.63) is 122 Å². The van der Waals surface area contributed by atoms with E-state index in [9.17, 15) is 19.2 Å². The molecule has 10 nitrogen and oxygen atoms in total. The lowest BCUT2D eigenvalue weighted by molar-refractivity contribution is 0.0297. The standard InChI is InChI=1S/C44H50F2N4O6S/c1-44(2)27-49(43(56)47-18-5-6-21-51)19-20-50(44)26-29-8-7-9-32(22-29)40(53)48-41-39(34-10-3-4-11-38(34)57-41)37(52)25-30-23-35(45)33(36(46)24-30)17-14-28-12-15-31(16-13-28)42(54)55/h7-9,12-13,15-16,22-24,51H,3-6,10-11,14,17-21,25-27H2,1-2H3,(H,47,56)(H,48,53)(H,54,55). The third-order valence-electron chi connectivity index (χ3n) is 10.9. The van der Waals surface area contributed by atoms with Crippen molar-refractivity contribution in [1.29, 1.82) is 0 Å². The highest BCUT2D eigenvalue weighted by Gasteiger charge is 2.35. The van der Waals surface area contributed by atoms with E-state index in [0.29, 0.717) is 68.1 Å². The van der Waals surface area contributed by atoms with E-state index in [1.807, 2.05) is 23.1 Å². The summed E-state index contributed by atoms with van der Waals surface area (Å²) in [4.78, 5) is 56.8. The van der Waals surface area contributed by atoms with Gasteiger partial charge in [0.25, 0.3) is 5.91 Å². The summed E-state index contributed by atoms with van der Waals surface area (Å²) in [6.07, 6.45) is 4.84. The van der Waals surface area contributed by atoms with Crippen LogP contribution in [0.4, 0.5) is 18.6 Å². The van der Waals surface area contributed by atoms with E-state index in [1.54, 1.807) is 18.2 Å². The number of thiophene rings is 1. The minimum atomic E-state index is -1.05. The van der Waals surface area contributed by atoms with Crippen LogP contribution in [0.25, 0.3) is 0 Å². The summed E-state index contributed by atoms with van der Waals surface area (Å²) in [5, 5.41) is 24.5. The number of aryl methyl sites for hydroxylation is 2. The third kappa shape index (κ3) is 10.3. The number of urea groups is 1. The van der Waals surface area contributed by atoms with Gasteiger partial charge in [0.1, 0.15) is 16.6 Å². The molecule has 1 aliphatic carbocycles. The maximum absolute atomic E-state index is 15.3. The molecule has 0 radical (unpaired) electrons. The Labute approximate surface area is 335 Å². The smallest absolute Gasteiger partial charge is 0.335 e. The summed E-state index contributed by atoms with van der Waals surface area (Å²) in [6, 6.07) is 15.8. The average molecular weight is 801 g/mol. The van der Waals surface area contributed by atoms with Crippen molar-refractivity contribution < 1.29 is 38.2 Å². The van der Waals surface area contributed by atoms with Gasteiger partial charge < -0.3 is 25.7 Å². The molecule has 0 bridgehead atoms. The van der Waals surface area contributed by atoms with Crippen molar-refractivity contribution in [2.45, 2.75) is 83.7 Å². The molecule has 1 aliphatic heterocycles. The molecular weight excluding hydrogens is 751 g/mol. The van der Waals surface area contributed by atoms with E-state index in [0.717, 1.165) is 47.3 Å². The Morgan fingerprint density at radius 3 is 2.30 bits per heavy atom. The molecule has 4 aromatic rings. The molecule has 0 spiro atoms. The van der Waals surface area contributed by atoms with Gasteiger partial charge >= 0.3 is 12.0 Å². The fourth-order valence-electron chi connectivity index (χ4n) is 7.71. The van der Waals surface area contributed by atoms with E-state index < -0.39 is 17.6 Å². The van der Waals surface area contributed by atoms with Crippen molar-refractivity contribution in [3.63, 3.8) is 0 Å². The number of carboxylic acid groups (broad SMARTS) is 1. The van der Waals surface area contributed by atoms with Gasteiger partial charge in [-0.2, -0.15) is 0 Å². The Morgan fingerprint density at radius 2 is 1.60 bits per heavy atom. The number of fused-ring (bicyclic) bond motifs is 1. The van der Waals surface area contributed by atoms with Gasteiger partial charge in [0.15, 0.2) is 5.78 Å². The minimum Gasteiger partial charge on any atom is -0.478 e. The number of anilines is 1. The number of nitrogens with zero attached hydrogens (tertiary/aromatic N) is 2. The van der Waals surface area contributed by atoms with Crippen molar-refractivity contribution in [1.82, 2.24) is 15.1 Å². The fourth-order valence-corrected chi connectivity index (χ4v) is 9.01. The van der Waals surface area contributed by atoms with Crippen LogP contribution >= 0.6 is 11.3 Å². The SMILES string of the molecule is CC1(C)CN(C(=O)NCCCCO)CCN1Cc1cccc(C(=O)Nc2sc3c(c2C(=O)Cc2cc(F)c(CCc4ccc(C(=O)O)cc4)c(F)c2)CCCC3)c1. The molecule has 1 aromatic heterocycles. The number of carbonyl (C=O) groups excluding carboxylic acids is 3. The number of hydrogen-bond donors (Lipinski definition) is 4. The summed E-state index contributed by atoms with van der Waals surface area (Å²) in [6.45, 7) is 7.13. The fraction of sp³-hybridized carbons (Fsp3) is 0.409. The first-order valence-electron chi connectivity index (χ1n) is 19.6. The number of nitrogens with one attached hydrogen (secondary N) is 2. The molecular formula is C44H50F2N4O6S. The van der Waals surface area contributed by atoms with Crippen LogP contribution < -0.4 is 10.6 Å². The topological polar surface area (TPSA) is 139 Å². The monoisotopic (exact) mass is 800 g/mol. The van der Waals surface area contributed by atoms with Crippen LogP contribution in [0.1, 0.15) is 103 Å². The second-order valence-electron chi connectivity index (χ2n) is 15.5. The number of unbranched alkanes of at least 4 members (excludes halogenated alkanes) is 1. The lowest BCUT2D eigenvalue weighted by Gasteiger charge is -2.47. The number of carboxylic acids is 1. The van der Waals surface area contributed by atoms with Gasteiger partial charge in [0, 0.05) is 67.3 Å². The largest absolute Gasteiger partial charge is 0.478 e. The Kier molecular flexibility index (Phi) is 13.5. The van der Waals surface area contributed by atoms with Crippen molar-refractivity contribution in [2.75, 3.05) is 38.1 Å². The number of hydrogen-bond acceptors (Lipinski definition) is 7. The summed E-state index contributed by atoms with van der Waals surface area (Å²) in [7, 11) is 0. The number of halogens is 2. The molecule has 4 N–H and O–H groups in total. The van der Waals surface area contributed by atoms with E-state index in [-0.39, 0.29) is 59.4 Å². The zero-order chi connectivity index (χ0) is 40.7. The van der Waals surface area contributed by atoms with Crippen LogP contribution in [0, 0.1) is 11.6 Å². The van der Waals surface area contributed by atoms with Gasteiger partial charge in [-0.15, -0.1) is 11.3 Å². The number of ketones is 1. The predicted octanol–water partition coefficient (Wildman–Crippen LogP) is 7.44. The molecule has 57 heavy (non-hydrogen) atoms. The first-order chi connectivity index (χ1) is 27.3. The molecule has 13 heteroatoms. The molecule has 0 atom stereocenters. The molecule has 3 aromatic carbocycles. The minimum absolute atomic E-state index is 0.0636. The normalized spacial score (nSPS) is 15.2. The number of aliphatic hydroxyl groups excluding tert-OH is 1. The van der Waals surface area contributed by atoms with Crippen molar-refractivity contribution in [3.8, 4) is 0 Å². The van der Waals surface area contributed by atoms with Gasteiger partial charge in [-0.1, -0.05) is 24.3 Å². The van der Waals surface area contributed by atoms with Crippen molar-refractivity contribution in [2.24, 2.45) is 0 Å². The van der Waals surface area contributed by atoms with E-state index in [1.165, 1.54) is 35.6 Å². The quantitative estimate of drug-likeness (QED) is 0.0724. The highest BCUT2D eigenvalue weighted by atomic mass is 32.1. The van der Waals surface area contributed by atoms with Crippen LogP contribution in [0.15, 0.2) is 60.7 Å². The molecule has 3 amide bonds. The zero-order valence-electron chi connectivity index (χ0n) is 32.5. The lowest BCUT2D eigenvalue weighted by atomic mass is 9.91. The maximum Gasteiger partial charge on any atom is 0.335 e. The maximum atomic E-state index is 15.3. The number of aromatic carboxylic acids is 1. The Morgan fingerprint density at radius 1 is 0.860 bits per heavy atom. The third-order valence-corrected chi connectivity index (χ3v) is 12.1. The van der Waals surface area contributed by atoms with Gasteiger partial charge in [-0.25, -0.2) is 18.4 Å². The lowest BCUT2D eigenvalue weighted by Crippen LogP contribution is -2.61. The highest BCUT2D eigenvalue weighted by molar-refractivity contribution is 7.17. The Hall–Kier alpha value is -4.98. The van der Waals surface area contributed by atoms with Crippen LogP contribution in [0.3, 0.4) is 0 Å². The number of benzene rings is 3. The van der Waals surface area contributed by atoms with Crippen LogP contribution in [0.5, 0.6) is 0 Å². The van der Waals surface area contributed by atoms with Gasteiger partial charge in [0.2, 0.25) is 0 Å². The number of Topliss-reactive ketones (excluding diaryl/α,β-unsaturated/α-hetero) is 1. The van der Waals surface area contributed by atoms with Crippen LogP contribution in [0.2, 0.25) is 0 Å². The molecule has 1 saturated heterocycles. The second kappa shape index (κ2) is 18.5. The first-order valence-corrected chi connectivity index (χ1v) is 20.4. The summed E-state index contributed by atoms with van der Waals surface area (Å²) in [5.41, 5.74) is 3.33. The molecule has 2 aliphatic rings. The number of aliphatic hydroxyl groups is 1. The first kappa shape index (κ1) is 41.6. The summed E-state index contributed by atoms with van der Waals surface area (Å²) in [5.74, 6) is -3.22. The molecule has 0 unspecified atom stereocenters. The van der Waals surface area contributed by atoms with Crippen LogP contribution in [-0.4, -0.2) is 82.0 Å². The second-order valence-corrected chi connectivity index (χ2v) is 16.6. The van der Waals surface area contributed by atoms with Gasteiger partial charge in [-0.05, 0) is 124 Å². The molecule has 302 valence electrons. The van der Waals surface area contributed by atoms with Gasteiger partial charge in [-0.3, -0.25) is 14.5 Å². The zero-order valence-corrected chi connectivity index (χ0v) is 33.3. The van der Waals surface area contributed by atoms with Gasteiger partial charge in [0.05, 0.1) is 11.1 Å². The van der Waals surface area contributed by atoms with Crippen molar-refractivity contribution >= 4 is 40.0 Å². The highest BCUT2D eigenvalue weighted by Crippen LogP contribution is 2.39. The van der Waals surface area contributed by atoms with E-state index in [4.69, 9.17) is 10.2 Å². The average Bonchev–Trinajstić information content (AvgIpc) is 3.55. The molecule has 1 fully saturated rings. The summed E-state index contributed by atoms with van der Waals surface area (Å²) < 4.78 is 30.6. The number of piperazine rings is 1.